The topological polar surface area (TPSA) is 26.3 Å². The molecular weight excluding hydrogens is 275 g/mol. The van der Waals surface area contributed by atoms with Gasteiger partial charge in [-0.3, -0.25) is 4.79 Å². The van der Waals surface area contributed by atoms with Crippen LogP contribution in [0.4, 0.5) is 4.39 Å². The Hall–Kier alpha value is -1.81. The van der Waals surface area contributed by atoms with Crippen LogP contribution in [0.5, 0.6) is 5.75 Å². The van der Waals surface area contributed by atoms with Crippen LogP contribution >= 0.6 is 11.8 Å². The molecule has 0 amide bonds. The molecular formula is C16H15FO2S. The molecule has 104 valence electrons. The molecule has 2 aromatic carbocycles. The van der Waals surface area contributed by atoms with Crippen molar-refractivity contribution in [1.29, 1.82) is 0 Å². The molecule has 0 aromatic heterocycles. The van der Waals surface area contributed by atoms with Crippen LogP contribution < -0.4 is 4.74 Å². The third kappa shape index (κ3) is 4.10. The number of carbonyl (C=O) groups excluding carboxylic acids is 1. The van der Waals surface area contributed by atoms with Crippen molar-refractivity contribution in [2.24, 2.45) is 0 Å². The van der Waals surface area contributed by atoms with Gasteiger partial charge in [-0.25, -0.2) is 4.39 Å². The zero-order valence-electron chi connectivity index (χ0n) is 11.3. The summed E-state index contributed by atoms with van der Waals surface area (Å²) in [5.74, 6) is 0.155. The van der Waals surface area contributed by atoms with Gasteiger partial charge in [0, 0.05) is 4.90 Å². The molecule has 0 bridgehead atoms. The second-order valence-corrected chi connectivity index (χ2v) is 5.53. The van der Waals surface area contributed by atoms with Gasteiger partial charge < -0.3 is 4.74 Å². The van der Waals surface area contributed by atoms with Crippen LogP contribution in [0, 0.1) is 12.7 Å². The van der Waals surface area contributed by atoms with Crippen LogP contribution in [0.3, 0.4) is 0 Å². The lowest BCUT2D eigenvalue weighted by Gasteiger charge is -2.13. The second-order valence-electron chi connectivity index (χ2n) is 4.45. The van der Waals surface area contributed by atoms with E-state index in [-0.39, 0.29) is 10.9 Å². The summed E-state index contributed by atoms with van der Waals surface area (Å²) in [6, 6.07) is 13.4. The highest BCUT2D eigenvalue weighted by Crippen LogP contribution is 2.22. The summed E-state index contributed by atoms with van der Waals surface area (Å²) < 4.78 is 18.3. The van der Waals surface area contributed by atoms with E-state index in [4.69, 9.17) is 4.74 Å². The second kappa shape index (κ2) is 6.57. The molecule has 0 aliphatic rings. The van der Waals surface area contributed by atoms with Gasteiger partial charge >= 0.3 is 0 Å². The number of aryl methyl sites for hydroxylation is 1. The average Bonchev–Trinajstić information content (AvgIpc) is 2.44. The maximum absolute atomic E-state index is 12.8. The predicted octanol–water partition coefficient (Wildman–Crippen LogP) is 4.22. The molecule has 0 unspecified atom stereocenters. The van der Waals surface area contributed by atoms with E-state index in [1.807, 2.05) is 31.2 Å². The third-order valence-electron chi connectivity index (χ3n) is 2.70. The van der Waals surface area contributed by atoms with E-state index in [1.54, 1.807) is 6.92 Å². The first-order valence-electron chi connectivity index (χ1n) is 6.25. The maximum atomic E-state index is 12.8. The molecule has 4 heteroatoms. The minimum Gasteiger partial charge on any atom is -0.482 e. The van der Waals surface area contributed by atoms with Crippen molar-refractivity contribution < 1.29 is 13.9 Å². The van der Waals surface area contributed by atoms with Gasteiger partial charge in [0.15, 0.2) is 6.10 Å². The number of hydrogen-bond acceptors (Lipinski definition) is 3. The monoisotopic (exact) mass is 290 g/mol. The Balaban J connectivity index is 1.94. The van der Waals surface area contributed by atoms with E-state index in [9.17, 15) is 9.18 Å². The van der Waals surface area contributed by atoms with Crippen molar-refractivity contribution in [2.45, 2.75) is 24.8 Å². The van der Waals surface area contributed by atoms with E-state index < -0.39 is 6.10 Å². The molecule has 0 N–H and O–H groups in total. The number of halogens is 1. The van der Waals surface area contributed by atoms with Gasteiger partial charge in [-0.1, -0.05) is 17.7 Å². The Kier molecular flexibility index (Phi) is 4.79. The van der Waals surface area contributed by atoms with Crippen molar-refractivity contribution >= 4 is 16.9 Å². The van der Waals surface area contributed by atoms with E-state index in [0.29, 0.717) is 5.75 Å². The molecule has 1 atom stereocenters. The Labute approximate surface area is 122 Å². The van der Waals surface area contributed by atoms with Gasteiger partial charge in [0.25, 0.3) is 0 Å². The highest BCUT2D eigenvalue weighted by atomic mass is 32.2. The summed E-state index contributed by atoms with van der Waals surface area (Å²) in [5.41, 5.74) is 1.15. The molecule has 0 radical (unpaired) electrons. The van der Waals surface area contributed by atoms with Crippen LogP contribution in [0.15, 0.2) is 53.4 Å². The van der Waals surface area contributed by atoms with Crippen LogP contribution in [-0.2, 0) is 4.79 Å². The van der Waals surface area contributed by atoms with Gasteiger partial charge in [0.1, 0.15) is 11.6 Å². The van der Waals surface area contributed by atoms with Crippen LogP contribution in [-0.4, -0.2) is 11.2 Å². The smallest absolute Gasteiger partial charge is 0.233 e. The highest BCUT2D eigenvalue weighted by molar-refractivity contribution is 8.13. The Morgan fingerprint density at radius 2 is 1.70 bits per heavy atom. The van der Waals surface area contributed by atoms with Crippen LogP contribution in [0.1, 0.15) is 12.5 Å². The number of thioether (sulfide) groups is 1. The Bertz CT molecular complexity index is 578. The van der Waals surface area contributed by atoms with Gasteiger partial charge in [-0.2, -0.15) is 0 Å². The first kappa shape index (κ1) is 14.6. The molecule has 0 spiro atoms. The van der Waals surface area contributed by atoms with Crippen molar-refractivity contribution in [3.05, 3.63) is 59.9 Å². The highest BCUT2D eigenvalue weighted by Gasteiger charge is 2.16. The van der Waals surface area contributed by atoms with Crippen molar-refractivity contribution in [1.82, 2.24) is 0 Å². The summed E-state index contributed by atoms with van der Waals surface area (Å²) in [6.07, 6.45) is -0.591. The Morgan fingerprint density at radius 3 is 2.30 bits per heavy atom. The summed E-state index contributed by atoms with van der Waals surface area (Å²) in [7, 11) is 0. The average molecular weight is 290 g/mol. The molecule has 0 fully saturated rings. The molecule has 0 saturated carbocycles. The number of benzene rings is 2. The largest absolute Gasteiger partial charge is 0.482 e. The van der Waals surface area contributed by atoms with Gasteiger partial charge in [-0.15, -0.1) is 0 Å². The molecule has 20 heavy (non-hydrogen) atoms. The van der Waals surface area contributed by atoms with Crippen molar-refractivity contribution in [2.75, 3.05) is 0 Å². The number of carbonyl (C=O) groups is 1. The number of hydrogen-bond donors (Lipinski definition) is 0. The van der Waals surface area contributed by atoms with Crippen molar-refractivity contribution in [3.8, 4) is 5.75 Å². The lowest BCUT2D eigenvalue weighted by Crippen LogP contribution is -2.20. The SMILES string of the molecule is Cc1ccc(SC(=O)[C@H](C)Oc2ccc(F)cc2)cc1. The van der Waals surface area contributed by atoms with Gasteiger partial charge in [0.05, 0.1) is 0 Å². The van der Waals surface area contributed by atoms with Crippen LogP contribution in [0.25, 0.3) is 0 Å². The van der Waals surface area contributed by atoms with Gasteiger partial charge in [0.2, 0.25) is 5.12 Å². The Morgan fingerprint density at radius 1 is 1.10 bits per heavy atom. The maximum Gasteiger partial charge on any atom is 0.233 e. The zero-order chi connectivity index (χ0) is 14.5. The molecule has 0 aliphatic carbocycles. The fourth-order valence-corrected chi connectivity index (χ4v) is 2.29. The molecule has 2 aromatic rings. The first-order valence-corrected chi connectivity index (χ1v) is 7.07. The lowest BCUT2D eigenvalue weighted by molar-refractivity contribution is -0.116. The zero-order valence-corrected chi connectivity index (χ0v) is 12.1. The molecule has 2 nitrogen and oxygen atoms in total. The fourth-order valence-electron chi connectivity index (χ4n) is 1.57. The minimum absolute atomic E-state index is 0.0850. The molecule has 0 heterocycles. The quantitative estimate of drug-likeness (QED) is 0.789. The standard InChI is InChI=1S/C16H15FO2S/c1-11-3-9-15(10-4-11)20-16(18)12(2)19-14-7-5-13(17)6-8-14/h3-10,12H,1-2H3/t12-/m0/s1. The number of ether oxygens (including phenoxy) is 1. The normalized spacial score (nSPS) is 11.9. The molecule has 0 aliphatic heterocycles. The predicted molar refractivity (Wildman–Crippen MR) is 78.5 cm³/mol. The minimum atomic E-state index is -0.591. The summed E-state index contributed by atoms with van der Waals surface area (Å²) >= 11 is 1.14. The first-order chi connectivity index (χ1) is 9.54. The molecule has 0 saturated heterocycles. The van der Waals surface area contributed by atoms with Gasteiger partial charge in [-0.05, 0) is 62.0 Å². The van der Waals surface area contributed by atoms with Crippen molar-refractivity contribution in [3.63, 3.8) is 0 Å². The van der Waals surface area contributed by atoms with E-state index in [2.05, 4.69) is 0 Å². The fraction of sp³-hybridized carbons (Fsp3) is 0.188. The summed E-state index contributed by atoms with van der Waals surface area (Å²) in [4.78, 5) is 12.9. The van der Waals surface area contributed by atoms with E-state index in [1.165, 1.54) is 24.3 Å². The number of rotatable bonds is 4. The summed E-state index contributed by atoms with van der Waals surface area (Å²) in [6.45, 7) is 3.68. The van der Waals surface area contributed by atoms with E-state index >= 15 is 0 Å². The molecule has 2 rings (SSSR count). The van der Waals surface area contributed by atoms with E-state index in [0.717, 1.165) is 22.2 Å². The lowest BCUT2D eigenvalue weighted by atomic mass is 10.2. The van der Waals surface area contributed by atoms with Crippen LogP contribution in [0.2, 0.25) is 0 Å². The summed E-state index contributed by atoms with van der Waals surface area (Å²) in [5, 5.41) is -0.0850. The third-order valence-corrected chi connectivity index (χ3v) is 3.74.